The molecular weight excluding hydrogens is 379 g/mol. The van der Waals surface area contributed by atoms with Gasteiger partial charge in [0.2, 0.25) is 0 Å². The van der Waals surface area contributed by atoms with Crippen LogP contribution in [0.5, 0.6) is 0 Å². The van der Waals surface area contributed by atoms with E-state index in [1.807, 2.05) is 24.0 Å². The molecule has 0 aliphatic carbocycles. The third kappa shape index (κ3) is 3.77. The van der Waals surface area contributed by atoms with E-state index in [0.717, 1.165) is 28.2 Å². The van der Waals surface area contributed by atoms with Gasteiger partial charge in [-0.25, -0.2) is 14.3 Å². The first-order valence-corrected chi connectivity index (χ1v) is 10.1. The maximum absolute atomic E-state index is 13.1. The molecule has 1 fully saturated rings. The predicted octanol–water partition coefficient (Wildman–Crippen LogP) is 3.15. The summed E-state index contributed by atoms with van der Waals surface area (Å²) in [5.41, 5.74) is 0.568. The van der Waals surface area contributed by atoms with Crippen LogP contribution in [0.4, 0.5) is 4.39 Å². The van der Waals surface area contributed by atoms with Crippen LogP contribution >= 0.6 is 11.3 Å². The van der Waals surface area contributed by atoms with Gasteiger partial charge in [-0.3, -0.25) is 9.36 Å². The van der Waals surface area contributed by atoms with Gasteiger partial charge in [-0.15, -0.1) is 11.3 Å². The summed E-state index contributed by atoms with van der Waals surface area (Å²) in [5, 5.41) is 6.77. The quantitative estimate of drug-likeness (QED) is 0.731. The van der Waals surface area contributed by atoms with Crippen molar-refractivity contribution in [3.63, 3.8) is 0 Å². The minimum atomic E-state index is -0.304. The number of benzene rings is 1. The fourth-order valence-corrected chi connectivity index (χ4v) is 4.45. The average Bonchev–Trinajstić information content (AvgIpc) is 3.29. The molecule has 1 aliphatic rings. The summed E-state index contributed by atoms with van der Waals surface area (Å²) in [7, 11) is 0. The number of piperidine rings is 1. The minimum Gasteiger partial charge on any atom is -0.338 e. The Hall–Kier alpha value is -2.74. The zero-order valence-corrected chi connectivity index (χ0v) is 16.3. The normalized spacial score (nSPS) is 15.1. The molecule has 3 aromatic rings. The Morgan fingerprint density at radius 1 is 1.21 bits per heavy atom. The summed E-state index contributed by atoms with van der Waals surface area (Å²) in [4.78, 5) is 28.6. The second-order valence-corrected chi connectivity index (χ2v) is 8.36. The summed E-state index contributed by atoms with van der Waals surface area (Å²) in [6, 6.07) is 9.95. The van der Waals surface area contributed by atoms with Crippen LogP contribution in [0.15, 0.2) is 41.2 Å². The standard InChI is InChI=1S/C20H21FN4O2S/c1-13-2-7-17(28-13)19(26)24-10-8-15(9-11-24)18-22-23-20(27)25(18)12-14-3-5-16(21)6-4-14/h2-7,15H,8-12H2,1H3,(H,23,27). The van der Waals surface area contributed by atoms with Crippen LogP contribution in [0.2, 0.25) is 0 Å². The number of likely N-dealkylation sites (tertiary alicyclic amines) is 1. The van der Waals surface area contributed by atoms with Crippen molar-refractivity contribution in [1.82, 2.24) is 19.7 Å². The topological polar surface area (TPSA) is 71.0 Å². The molecule has 1 aliphatic heterocycles. The lowest BCUT2D eigenvalue weighted by Crippen LogP contribution is -2.38. The number of aromatic amines is 1. The molecule has 6 nitrogen and oxygen atoms in total. The van der Waals surface area contributed by atoms with Crippen molar-refractivity contribution in [3.05, 3.63) is 73.8 Å². The van der Waals surface area contributed by atoms with Gasteiger partial charge in [-0.1, -0.05) is 12.1 Å². The number of aryl methyl sites for hydroxylation is 1. The molecule has 0 saturated carbocycles. The van der Waals surface area contributed by atoms with E-state index in [1.54, 1.807) is 16.7 Å². The number of rotatable bonds is 4. The van der Waals surface area contributed by atoms with Crippen molar-refractivity contribution in [1.29, 1.82) is 0 Å². The first kappa shape index (κ1) is 18.6. The third-order valence-corrected chi connectivity index (χ3v) is 6.13. The van der Waals surface area contributed by atoms with Crippen molar-refractivity contribution >= 4 is 17.2 Å². The largest absolute Gasteiger partial charge is 0.343 e. The number of amides is 1. The van der Waals surface area contributed by atoms with Crippen molar-refractivity contribution in [2.45, 2.75) is 32.2 Å². The van der Waals surface area contributed by atoms with E-state index < -0.39 is 0 Å². The van der Waals surface area contributed by atoms with E-state index in [1.165, 1.54) is 23.5 Å². The van der Waals surface area contributed by atoms with E-state index >= 15 is 0 Å². The number of nitrogens with one attached hydrogen (secondary N) is 1. The van der Waals surface area contributed by atoms with E-state index in [2.05, 4.69) is 10.2 Å². The van der Waals surface area contributed by atoms with Gasteiger partial charge in [0, 0.05) is 23.9 Å². The van der Waals surface area contributed by atoms with E-state index in [0.29, 0.717) is 25.5 Å². The molecule has 8 heteroatoms. The summed E-state index contributed by atoms with van der Waals surface area (Å²) in [6.07, 6.45) is 1.51. The molecule has 1 saturated heterocycles. The highest BCUT2D eigenvalue weighted by molar-refractivity contribution is 7.13. The number of H-pyrrole nitrogens is 1. The Bertz CT molecular complexity index is 1030. The van der Waals surface area contributed by atoms with Crippen LogP contribution in [0.25, 0.3) is 0 Å². The monoisotopic (exact) mass is 400 g/mol. The van der Waals surface area contributed by atoms with E-state index in [4.69, 9.17) is 0 Å². The van der Waals surface area contributed by atoms with Crippen molar-refractivity contribution in [2.75, 3.05) is 13.1 Å². The van der Waals surface area contributed by atoms with E-state index in [-0.39, 0.29) is 23.3 Å². The summed E-state index contributed by atoms with van der Waals surface area (Å²) >= 11 is 1.51. The van der Waals surface area contributed by atoms with Gasteiger partial charge in [0.05, 0.1) is 11.4 Å². The van der Waals surface area contributed by atoms with Gasteiger partial charge < -0.3 is 4.90 Å². The lowest BCUT2D eigenvalue weighted by molar-refractivity contribution is 0.0715. The summed E-state index contributed by atoms with van der Waals surface area (Å²) in [5.74, 6) is 0.575. The molecule has 0 atom stereocenters. The number of hydrogen-bond donors (Lipinski definition) is 1. The molecule has 0 unspecified atom stereocenters. The number of hydrogen-bond acceptors (Lipinski definition) is 4. The molecule has 4 rings (SSSR count). The average molecular weight is 400 g/mol. The highest BCUT2D eigenvalue weighted by Crippen LogP contribution is 2.28. The van der Waals surface area contributed by atoms with Crippen LogP contribution in [0.1, 0.15) is 44.7 Å². The first-order chi connectivity index (χ1) is 13.5. The molecule has 2 aromatic heterocycles. The summed E-state index contributed by atoms with van der Waals surface area (Å²) < 4.78 is 14.7. The zero-order valence-electron chi connectivity index (χ0n) is 15.5. The van der Waals surface area contributed by atoms with Crippen molar-refractivity contribution < 1.29 is 9.18 Å². The maximum atomic E-state index is 13.1. The number of nitrogens with zero attached hydrogens (tertiary/aromatic N) is 3. The Morgan fingerprint density at radius 2 is 1.93 bits per heavy atom. The number of halogens is 1. The zero-order chi connectivity index (χ0) is 19.7. The molecule has 28 heavy (non-hydrogen) atoms. The molecule has 0 radical (unpaired) electrons. The minimum absolute atomic E-state index is 0.0716. The maximum Gasteiger partial charge on any atom is 0.343 e. The lowest BCUT2D eigenvalue weighted by atomic mass is 9.95. The fourth-order valence-electron chi connectivity index (χ4n) is 3.61. The number of thiophene rings is 1. The Labute approximate surface area is 165 Å². The molecule has 0 spiro atoms. The molecule has 1 N–H and O–H groups in total. The van der Waals surface area contributed by atoms with Crippen molar-refractivity contribution in [2.24, 2.45) is 0 Å². The molecule has 0 bridgehead atoms. The van der Waals surface area contributed by atoms with Crippen LogP contribution in [0, 0.1) is 12.7 Å². The van der Waals surface area contributed by atoms with Crippen LogP contribution in [-0.2, 0) is 6.54 Å². The van der Waals surface area contributed by atoms with Crippen molar-refractivity contribution in [3.8, 4) is 0 Å². The third-order valence-electron chi connectivity index (χ3n) is 5.14. The molecular formula is C20H21FN4O2S. The van der Waals surface area contributed by atoms with Gasteiger partial charge in [0.15, 0.2) is 0 Å². The van der Waals surface area contributed by atoms with Gasteiger partial charge in [-0.05, 0) is 49.6 Å². The Morgan fingerprint density at radius 3 is 2.57 bits per heavy atom. The molecule has 1 aromatic carbocycles. The highest BCUT2D eigenvalue weighted by Gasteiger charge is 2.28. The molecule has 3 heterocycles. The lowest BCUT2D eigenvalue weighted by Gasteiger charge is -2.31. The number of carbonyl (C=O) groups excluding carboxylic acids is 1. The number of carbonyl (C=O) groups is 1. The predicted molar refractivity (Wildman–Crippen MR) is 105 cm³/mol. The SMILES string of the molecule is Cc1ccc(C(=O)N2CCC(c3n[nH]c(=O)n3Cc3ccc(F)cc3)CC2)s1. The van der Waals surface area contributed by atoms with Crippen LogP contribution in [-0.4, -0.2) is 38.7 Å². The van der Waals surface area contributed by atoms with Crippen LogP contribution in [0.3, 0.4) is 0 Å². The second kappa shape index (κ2) is 7.71. The van der Waals surface area contributed by atoms with Gasteiger partial charge in [0.1, 0.15) is 11.6 Å². The fraction of sp³-hybridized carbons (Fsp3) is 0.350. The van der Waals surface area contributed by atoms with Gasteiger partial charge in [0.25, 0.3) is 5.91 Å². The second-order valence-electron chi connectivity index (χ2n) is 7.08. The smallest absolute Gasteiger partial charge is 0.338 e. The molecule has 146 valence electrons. The highest BCUT2D eigenvalue weighted by atomic mass is 32.1. The van der Waals surface area contributed by atoms with Gasteiger partial charge in [-0.2, -0.15) is 5.10 Å². The van der Waals surface area contributed by atoms with Crippen LogP contribution < -0.4 is 5.69 Å². The van der Waals surface area contributed by atoms with E-state index in [9.17, 15) is 14.0 Å². The Kier molecular flexibility index (Phi) is 5.13. The Balaban J connectivity index is 1.46. The molecule has 1 amide bonds. The van der Waals surface area contributed by atoms with Gasteiger partial charge >= 0.3 is 5.69 Å². The first-order valence-electron chi connectivity index (χ1n) is 9.26. The number of aromatic nitrogens is 3. The summed E-state index contributed by atoms with van der Waals surface area (Å²) in [6.45, 7) is 3.61.